The maximum atomic E-state index is 12.2. The van der Waals surface area contributed by atoms with Gasteiger partial charge in [0, 0.05) is 13.1 Å². The Morgan fingerprint density at radius 1 is 1.33 bits per heavy atom. The molecule has 1 amide bonds. The number of nitrogens with one attached hydrogen (secondary N) is 2. The zero-order valence-corrected chi connectivity index (χ0v) is 14.1. The first-order chi connectivity index (χ1) is 10.0. The number of amides is 1. The van der Waals surface area contributed by atoms with E-state index >= 15 is 0 Å². The third-order valence-electron chi connectivity index (χ3n) is 4.08. The van der Waals surface area contributed by atoms with Gasteiger partial charge in [-0.25, -0.2) is 0 Å². The van der Waals surface area contributed by atoms with Crippen molar-refractivity contribution in [2.45, 2.75) is 52.9 Å². The highest BCUT2D eigenvalue weighted by atomic mass is 32.1. The molecule has 0 bridgehead atoms. The van der Waals surface area contributed by atoms with Gasteiger partial charge in [0.25, 0.3) is 5.91 Å². The largest absolute Gasteiger partial charge is 0.360 e. The van der Waals surface area contributed by atoms with Crippen LogP contribution in [0, 0.1) is 11.3 Å². The number of rotatable bonds is 7. The van der Waals surface area contributed by atoms with E-state index in [4.69, 9.17) is 0 Å². The lowest BCUT2D eigenvalue weighted by Gasteiger charge is -2.31. The molecule has 1 aliphatic rings. The van der Waals surface area contributed by atoms with E-state index in [1.165, 1.54) is 43.4 Å². The molecule has 1 aromatic rings. The number of nitrogens with zero attached hydrogens (tertiary/aromatic N) is 2. The Morgan fingerprint density at radius 2 is 2.05 bits per heavy atom. The Morgan fingerprint density at radius 3 is 2.67 bits per heavy atom. The van der Waals surface area contributed by atoms with Crippen molar-refractivity contribution in [3.05, 3.63) is 5.01 Å². The van der Waals surface area contributed by atoms with Crippen molar-refractivity contribution in [3.8, 4) is 0 Å². The van der Waals surface area contributed by atoms with Gasteiger partial charge in [0.2, 0.25) is 10.1 Å². The molecule has 0 radical (unpaired) electrons. The average molecular weight is 310 g/mol. The van der Waals surface area contributed by atoms with E-state index in [-0.39, 0.29) is 5.91 Å². The monoisotopic (exact) mass is 310 g/mol. The third-order valence-corrected chi connectivity index (χ3v) is 4.96. The summed E-state index contributed by atoms with van der Waals surface area (Å²) >= 11 is 1.32. The molecule has 5 nitrogen and oxygen atoms in total. The van der Waals surface area contributed by atoms with Crippen LogP contribution in [0.15, 0.2) is 0 Å². The maximum absolute atomic E-state index is 12.2. The molecule has 21 heavy (non-hydrogen) atoms. The van der Waals surface area contributed by atoms with E-state index in [0.717, 1.165) is 13.1 Å². The van der Waals surface area contributed by atoms with E-state index in [9.17, 15) is 4.79 Å². The number of aromatic nitrogens is 2. The van der Waals surface area contributed by atoms with Crippen LogP contribution in [0.2, 0.25) is 0 Å². The molecule has 2 rings (SSSR count). The first-order valence-electron chi connectivity index (χ1n) is 7.90. The molecule has 0 spiro atoms. The Balaban J connectivity index is 1.92. The molecule has 0 unspecified atom stereocenters. The Kier molecular flexibility index (Phi) is 5.56. The zero-order chi connectivity index (χ0) is 15.3. The van der Waals surface area contributed by atoms with Crippen molar-refractivity contribution >= 4 is 22.4 Å². The molecule has 1 aliphatic carbocycles. The SMILES string of the molecule is CCNc1nnc(C(=O)NCC2(CC(C)C)CCCC2)s1. The van der Waals surface area contributed by atoms with Crippen LogP contribution < -0.4 is 10.6 Å². The standard InChI is InChI=1S/C15H26N4OS/c1-4-16-14-19-18-13(21-14)12(20)17-10-15(9-11(2)3)7-5-6-8-15/h11H,4-10H2,1-3H3,(H,16,19)(H,17,20). The zero-order valence-electron chi connectivity index (χ0n) is 13.2. The van der Waals surface area contributed by atoms with Gasteiger partial charge >= 0.3 is 0 Å². The van der Waals surface area contributed by atoms with Crippen LogP contribution in [-0.4, -0.2) is 29.2 Å². The summed E-state index contributed by atoms with van der Waals surface area (Å²) in [4.78, 5) is 12.2. The highest BCUT2D eigenvalue weighted by molar-refractivity contribution is 7.17. The highest BCUT2D eigenvalue weighted by Crippen LogP contribution is 2.42. The number of carbonyl (C=O) groups is 1. The molecule has 0 aromatic carbocycles. The van der Waals surface area contributed by atoms with Crippen LogP contribution >= 0.6 is 11.3 Å². The smallest absolute Gasteiger partial charge is 0.282 e. The molecule has 1 fully saturated rings. The number of hydrogen-bond acceptors (Lipinski definition) is 5. The van der Waals surface area contributed by atoms with Gasteiger partial charge < -0.3 is 10.6 Å². The topological polar surface area (TPSA) is 66.9 Å². The minimum atomic E-state index is -0.0910. The molecule has 6 heteroatoms. The molecular weight excluding hydrogens is 284 g/mol. The lowest BCUT2D eigenvalue weighted by Crippen LogP contribution is -2.36. The van der Waals surface area contributed by atoms with E-state index in [0.29, 0.717) is 21.5 Å². The summed E-state index contributed by atoms with van der Waals surface area (Å²) in [7, 11) is 0. The van der Waals surface area contributed by atoms with Crippen molar-refractivity contribution in [2.75, 3.05) is 18.4 Å². The van der Waals surface area contributed by atoms with Crippen molar-refractivity contribution in [2.24, 2.45) is 11.3 Å². The summed E-state index contributed by atoms with van der Waals surface area (Å²) < 4.78 is 0. The van der Waals surface area contributed by atoms with E-state index in [2.05, 4.69) is 34.7 Å². The highest BCUT2D eigenvalue weighted by Gasteiger charge is 2.34. The lowest BCUT2D eigenvalue weighted by atomic mass is 9.78. The van der Waals surface area contributed by atoms with E-state index in [1.807, 2.05) is 6.92 Å². The van der Waals surface area contributed by atoms with Gasteiger partial charge in [-0.2, -0.15) is 0 Å². The van der Waals surface area contributed by atoms with E-state index in [1.54, 1.807) is 0 Å². The lowest BCUT2D eigenvalue weighted by molar-refractivity contribution is 0.0920. The second kappa shape index (κ2) is 7.20. The molecule has 0 aliphatic heterocycles. The quantitative estimate of drug-likeness (QED) is 0.811. The number of anilines is 1. The summed E-state index contributed by atoms with van der Waals surface area (Å²) in [6, 6.07) is 0. The summed E-state index contributed by atoms with van der Waals surface area (Å²) in [5.74, 6) is 0.577. The summed E-state index contributed by atoms with van der Waals surface area (Å²) in [6.07, 6.45) is 6.21. The fraction of sp³-hybridized carbons (Fsp3) is 0.800. The maximum Gasteiger partial charge on any atom is 0.282 e. The van der Waals surface area contributed by atoms with Crippen LogP contribution in [0.3, 0.4) is 0 Å². The molecular formula is C15H26N4OS. The van der Waals surface area contributed by atoms with Gasteiger partial charge in [0.15, 0.2) is 0 Å². The minimum Gasteiger partial charge on any atom is -0.360 e. The van der Waals surface area contributed by atoms with Gasteiger partial charge in [0.05, 0.1) is 0 Å². The normalized spacial score (nSPS) is 17.1. The minimum absolute atomic E-state index is 0.0910. The van der Waals surface area contributed by atoms with Crippen molar-refractivity contribution < 1.29 is 4.79 Å². The van der Waals surface area contributed by atoms with Gasteiger partial charge in [0.1, 0.15) is 0 Å². The second-order valence-electron chi connectivity index (χ2n) is 6.43. The van der Waals surface area contributed by atoms with Gasteiger partial charge in [-0.05, 0) is 37.5 Å². The predicted molar refractivity (Wildman–Crippen MR) is 86.8 cm³/mol. The molecule has 1 heterocycles. The molecule has 118 valence electrons. The Labute approximate surface area is 130 Å². The first-order valence-corrected chi connectivity index (χ1v) is 8.72. The first kappa shape index (κ1) is 16.2. The fourth-order valence-electron chi connectivity index (χ4n) is 3.33. The van der Waals surface area contributed by atoms with Gasteiger partial charge in [-0.15, -0.1) is 10.2 Å². The summed E-state index contributed by atoms with van der Waals surface area (Å²) in [5.41, 5.74) is 0.291. The van der Waals surface area contributed by atoms with Crippen molar-refractivity contribution in [1.82, 2.24) is 15.5 Å². The Bertz CT molecular complexity index is 466. The third kappa shape index (κ3) is 4.40. The number of hydrogen-bond donors (Lipinski definition) is 2. The fourth-order valence-corrected chi connectivity index (χ4v) is 4.05. The molecule has 2 N–H and O–H groups in total. The van der Waals surface area contributed by atoms with Crippen LogP contribution in [0.5, 0.6) is 0 Å². The van der Waals surface area contributed by atoms with Gasteiger partial charge in [-0.1, -0.05) is 38.0 Å². The van der Waals surface area contributed by atoms with Crippen LogP contribution in [0.4, 0.5) is 5.13 Å². The van der Waals surface area contributed by atoms with Crippen molar-refractivity contribution in [1.29, 1.82) is 0 Å². The van der Waals surface area contributed by atoms with Crippen LogP contribution in [0.25, 0.3) is 0 Å². The van der Waals surface area contributed by atoms with Crippen LogP contribution in [0.1, 0.15) is 62.7 Å². The van der Waals surface area contributed by atoms with Crippen LogP contribution in [-0.2, 0) is 0 Å². The average Bonchev–Trinajstić information content (AvgIpc) is 3.06. The molecule has 1 saturated carbocycles. The van der Waals surface area contributed by atoms with E-state index < -0.39 is 0 Å². The predicted octanol–water partition coefficient (Wildman–Crippen LogP) is 3.31. The molecule has 0 atom stereocenters. The number of carbonyl (C=O) groups excluding carboxylic acids is 1. The van der Waals surface area contributed by atoms with Gasteiger partial charge in [-0.3, -0.25) is 4.79 Å². The Hall–Kier alpha value is -1.17. The second-order valence-corrected chi connectivity index (χ2v) is 7.41. The summed E-state index contributed by atoms with van der Waals surface area (Å²) in [5, 5.41) is 15.2. The molecule has 0 saturated heterocycles. The molecule has 1 aromatic heterocycles. The summed E-state index contributed by atoms with van der Waals surface area (Å²) in [6.45, 7) is 8.06. The van der Waals surface area contributed by atoms with Crippen molar-refractivity contribution in [3.63, 3.8) is 0 Å².